The van der Waals surface area contributed by atoms with E-state index in [0.29, 0.717) is 5.92 Å². The van der Waals surface area contributed by atoms with Crippen LogP contribution in [0, 0.1) is 0 Å². The quantitative estimate of drug-likeness (QED) is 0.849. The van der Waals surface area contributed by atoms with Crippen LogP contribution in [0.2, 0.25) is 0 Å². The van der Waals surface area contributed by atoms with Gasteiger partial charge in [-0.3, -0.25) is 0 Å². The highest BCUT2D eigenvalue weighted by Crippen LogP contribution is 2.41. The Bertz CT molecular complexity index is 608. The second-order valence-corrected chi connectivity index (χ2v) is 6.03. The van der Waals surface area contributed by atoms with Crippen LogP contribution < -0.4 is 0 Å². The van der Waals surface area contributed by atoms with Crippen LogP contribution in [0.5, 0.6) is 0 Å². The van der Waals surface area contributed by atoms with E-state index in [0.717, 1.165) is 31.8 Å². The SMILES string of the molecule is c1ccc([C@H]2OCC[C@@H]2c2nnc3n2CCCCC3)cc1. The van der Waals surface area contributed by atoms with E-state index in [-0.39, 0.29) is 6.10 Å². The minimum atomic E-state index is 0.128. The molecule has 0 amide bonds. The van der Waals surface area contributed by atoms with Gasteiger partial charge in [0.05, 0.1) is 12.0 Å². The largest absolute Gasteiger partial charge is 0.373 e. The lowest BCUT2D eigenvalue weighted by Gasteiger charge is -2.19. The van der Waals surface area contributed by atoms with Gasteiger partial charge in [-0.25, -0.2) is 0 Å². The van der Waals surface area contributed by atoms with Gasteiger partial charge in [-0.15, -0.1) is 10.2 Å². The van der Waals surface area contributed by atoms with Crippen molar-refractivity contribution in [2.24, 2.45) is 0 Å². The van der Waals surface area contributed by atoms with Gasteiger partial charge in [0.15, 0.2) is 0 Å². The molecule has 21 heavy (non-hydrogen) atoms. The monoisotopic (exact) mass is 283 g/mol. The zero-order valence-corrected chi connectivity index (χ0v) is 12.2. The van der Waals surface area contributed by atoms with Crippen molar-refractivity contribution in [3.63, 3.8) is 0 Å². The van der Waals surface area contributed by atoms with Gasteiger partial charge in [0.2, 0.25) is 0 Å². The van der Waals surface area contributed by atoms with Gasteiger partial charge < -0.3 is 9.30 Å². The maximum Gasteiger partial charge on any atom is 0.139 e. The Morgan fingerprint density at radius 1 is 1.05 bits per heavy atom. The zero-order chi connectivity index (χ0) is 14.1. The van der Waals surface area contributed by atoms with Gasteiger partial charge in [-0.1, -0.05) is 36.8 Å². The normalized spacial score (nSPS) is 25.5. The van der Waals surface area contributed by atoms with Gasteiger partial charge in [0, 0.05) is 19.6 Å². The maximum atomic E-state index is 6.02. The Morgan fingerprint density at radius 2 is 1.95 bits per heavy atom. The minimum absolute atomic E-state index is 0.128. The third kappa shape index (κ3) is 2.38. The summed E-state index contributed by atoms with van der Waals surface area (Å²) in [5.74, 6) is 2.64. The fraction of sp³-hybridized carbons (Fsp3) is 0.529. The van der Waals surface area contributed by atoms with E-state index in [1.54, 1.807) is 0 Å². The van der Waals surface area contributed by atoms with Crippen molar-refractivity contribution in [2.75, 3.05) is 6.61 Å². The highest BCUT2D eigenvalue weighted by Gasteiger charge is 2.35. The molecule has 0 N–H and O–H groups in total. The summed E-state index contributed by atoms with van der Waals surface area (Å²) in [5.41, 5.74) is 1.26. The van der Waals surface area contributed by atoms with E-state index in [1.165, 1.54) is 30.7 Å². The van der Waals surface area contributed by atoms with Crippen LogP contribution in [0.25, 0.3) is 0 Å². The van der Waals surface area contributed by atoms with Crippen molar-refractivity contribution in [3.8, 4) is 0 Å². The average Bonchev–Trinajstić information content (AvgIpc) is 3.09. The number of rotatable bonds is 2. The molecular weight excluding hydrogens is 262 g/mol. The number of hydrogen-bond donors (Lipinski definition) is 0. The lowest BCUT2D eigenvalue weighted by Crippen LogP contribution is -2.14. The molecule has 4 nitrogen and oxygen atoms in total. The molecule has 1 saturated heterocycles. The molecule has 0 saturated carbocycles. The Labute approximate surface area is 125 Å². The van der Waals surface area contributed by atoms with Gasteiger partial charge in [-0.05, 0) is 24.8 Å². The molecule has 4 heteroatoms. The minimum Gasteiger partial charge on any atom is -0.373 e. The molecule has 0 aliphatic carbocycles. The second-order valence-electron chi connectivity index (χ2n) is 6.03. The molecule has 1 fully saturated rings. The van der Waals surface area contributed by atoms with Crippen LogP contribution in [0.4, 0.5) is 0 Å². The van der Waals surface area contributed by atoms with Gasteiger partial charge >= 0.3 is 0 Å². The third-order valence-electron chi connectivity index (χ3n) is 4.69. The summed E-state index contributed by atoms with van der Waals surface area (Å²) in [7, 11) is 0. The van der Waals surface area contributed by atoms with E-state index >= 15 is 0 Å². The Kier molecular flexibility index (Phi) is 3.47. The topological polar surface area (TPSA) is 39.9 Å². The smallest absolute Gasteiger partial charge is 0.139 e. The molecule has 2 aliphatic heterocycles. The van der Waals surface area contributed by atoms with E-state index in [1.807, 2.05) is 0 Å². The molecule has 110 valence electrons. The molecule has 4 rings (SSSR count). The number of fused-ring (bicyclic) bond motifs is 1. The van der Waals surface area contributed by atoms with Gasteiger partial charge in [0.25, 0.3) is 0 Å². The number of aryl methyl sites for hydroxylation is 1. The van der Waals surface area contributed by atoms with Gasteiger partial charge in [0.1, 0.15) is 11.6 Å². The fourth-order valence-corrected chi connectivity index (χ4v) is 3.61. The number of ether oxygens (including phenoxy) is 1. The summed E-state index contributed by atoms with van der Waals surface area (Å²) in [6.07, 6.45) is 6.01. The van der Waals surface area contributed by atoms with Crippen molar-refractivity contribution >= 4 is 0 Å². The second kappa shape index (κ2) is 5.60. The zero-order valence-electron chi connectivity index (χ0n) is 12.2. The number of hydrogen-bond acceptors (Lipinski definition) is 3. The summed E-state index contributed by atoms with van der Waals surface area (Å²) in [4.78, 5) is 0. The maximum absolute atomic E-state index is 6.02. The summed E-state index contributed by atoms with van der Waals surface area (Å²) in [6.45, 7) is 1.88. The van der Waals surface area contributed by atoms with E-state index in [2.05, 4.69) is 45.1 Å². The highest BCUT2D eigenvalue weighted by molar-refractivity contribution is 5.23. The van der Waals surface area contributed by atoms with E-state index in [4.69, 9.17) is 4.74 Å². The molecule has 0 bridgehead atoms. The molecule has 0 radical (unpaired) electrons. The lowest BCUT2D eigenvalue weighted by molar-refractivity contribution is 0.102. The van der Waals surface area contributed by atoms with Crippen molar-refractivity contribution in [1.29, 1.82) is 0 Å². The first-order valence-corrected chi connectivity index (χ1v) is 8.02. The van der Waals surface area contributed by atoms with Crippen molar-refractivity contribution in [1.82, 2.24) is 14.8 Å². The molecule has 0 unspecified atom stereocenters. The number of nitrogens with zero attached hydrogens (tertiary/aromatic N) is 3. The third-order valence-corrected chi connectivity index (χ3v) is 4.69. The first-order chi connectivity index (χ1) is 10.4. The van der Waals surface area contributed by atoms with E-state index < -0.39 is 0 Å². The fourth-order valence-electron chi connectivity index (χ4n) is 3.61. The number of benzene rings is 1. The molecule has 1 aromatic heterocycles. The first-order valence-electron chi connectivity index (χ1n) is 8.02. The Hall–Kier alpha value is -1.68. The van der Waals surface area contributed by atoms with Crippen molar-refractivity contribution < 1.29 is 4.74 Å². The van der Waals surface area contributed by atoms with Crippen LogP contribution in [-0.2, 0) is 17.7 Å². The first kappa shape index (κ1) is 13.0. The van der Waals surface area contributed by atoms with Crippen LogP contribution >= 0.6 is 0 Å². The molecule has 3 heterocycles. The standard InChI is InChI=1S/C17H21N3O/c1-3-7-13(8-4-1)16-14(10-12-21-16)17-19-18-15-9-5-2-6-11-20(15)17/h1,3-4,7-8,14,16H,2,5-6,9-12H2/t14-,16+/m0/s1. The molecule has 0 spiro atoms. The Morgan fingerprint density at radius 3 is 2.86 bits per heavy atom. The predicted molar refractivity (Wildman–Crippen MR) is 80.1 cm³/mol. The van der Waals surface area contributed by atoms with E-state index in [9.17, 15) is 0 Å². The molecule has 2 aromatic rings. The van der Waals surface area contributed by atoms with Crippen LogP contribution in [0.15, 0.2) is 30.3 Å². The molecular formula is C17H21N3O. The molecule has 2 aliphatic rings. The van der Waals surface area contributed by atoms with Crippen LogP contribution in [0.1, 0.15) is 54.9 Å². The molecule has 1 aromatic carbocycles. The molecule has 2 atom stereocenters. The van der Waals surface area contributed by atoms with Crippen molar-refractivity contribution in [3.05, 3.63) is 47.5 Å². The average molecular weight is 283 g/mol. The van der Waals surface area contributed by atoms with Crippen LogP contribution in [-0.4, -0.2) is 21.4 Å². The highest BCUT2D eigenvalue weighted by atomic mass is 16.5. The number of aromatic nitrogens is 3. The lowest BCUT2D eigenvalue weighted by atomic mass is 9.94. The predicted octanol–water partition coefficient (Wildman–Crippen LogP) is 3.25. The van der Waals surface area contributed by atoms with Gasteiger partial charge in [-0.2, -0.15) is 0 Å². The summed E-state index contributed by atoms with van der Waals surface area (Å²) in [6, 6.07) is 10.5. The van der Waals surface area contributed by atoms with Crippen LogP contribution in [0.3, 0.4) is 0 Å². The summed E-state index contributed by atoms with van der Waals surface area (Å²) in [5, 5.41) is 8.98. The Balaban J connectivity index is 1.68. The summed E-state index contributed by atoms with van der Waals surface area (Å²) >= 11 is 0. The van der Waals surface area contributed by atoms with Crippen molar-refractivity contribution in [2.45, 2.75) is 50.7 Å². The summed E-state index contributed by atoms with van der Waals surface area (Å²) < 4.78 is 8.38.